The van der Waals surface area contributed by atoms with Crippen molar-refractivity contribution >= 4 is 74.3 Å². The lowest BCUT2D eigenvalue weighted by atomic mass is 9.33. The summed E-state index contributed by atoms with van der Waals surface area (Å²) in [5, 5.41) is 0. The average Bonchev–Trinajstić information content (AvgIpc) is 3.31. The predicted octanol–water partition coefficient (Wildman–Crippen LogP) is 14.5. The largest absolute Gasteiger partial charge is 0.453 e. The van der Waals surface area contributed by atoms with Gasteiger partial charge in [-0.05, 0) is 142 Å². The number of ether oxygens (including phenoxy) is 2. The van der Waals surface area contributed by atoms with E-state index in [0.29, 0.717) is 5.92 Å². The molecule has 0 saturated carbocycles. The van der Waals surface area contributed by atoms with E-state index in [1.54, 1.807) is 0 Å². The van der Waals surface area contributed by atoms with Crippen molar-refractivity contribution in [3.63, 3.8) is 0 Å². The summed E-state index contributed by atoms with van der Waals surface area (Å²) in [6.45, 7) is 14.0. The molecule has 308 valence electrons. The van der Waals surface area contributed by atoms with Crippen LogP contribution in [0.15, 0.2) is 176 Å². The van der Waals surface area contributed by atoms with Crippen LogP contribution in [0.2, 0.25) is 0 Å². The molecule has 3 heterocycles. The van der Waals surface area contributed by atoms with Crippen molar-refractivity contribution in [1.29, 1.82) is 0 Å². The molecule has 0 saturated heterocycles. The van der Waals surface area contributed by atoms with Gasteiger partial charge in [-0.25, -0.2) is 0 Å². The Morgan fingerprint density at radius 3 is 1.10 bits per heavy atom. The smallest absolute Gasteiger partial charge is 0.247 e. The van der Waals surface area contributed by atoms with E-state index in [1.165, 1.54) is 44.5 Å². The van der Waals surface area contributed by atoms with Gasteiger partial charge in [-0.1, -0.05) is 126 Å². The quantitative estimate of drug-likeness (QED) is 0.149. The van der Waals surface area contributed by atoms with Crippen LogP contribution >= 0.6 is 0 Å². The van der Waals surface area contributed by atoms with E-state index in [4.69, 9.17) is 9.47 Å². The molecule has 0 aliphatic carbocycles. The highest BCUT2D eigenvalue weighted by Gasteiger charge is 2.40. The van der Waals surface area contributed by atoms with Crippen molar-refractivity contribution in [2.45, 2.75) is 59.3 Å². The Hall–Kier alpha value is -7.18. The minimum absolute atomic E-state index is 0.107. The van der Waals surface area contributed by atoms with Gasteiger partial charge in [-0.15, -0.1) is 0 Å². The summed E-state index contributed by atoms with van der Waals surface area (Å²) in [4.78, 5) is 7.23. The lowest BCUT2D eigenvalue weighted by Crippen LogP contribution is -2.59. The minimum atomic E-state index is -0.107. The van der Waals surface area contributed by atoms with Crippen molar-refractivity contribution < 1.29 is 9.47 Å². The van der Waals surface area contributed by atoms with E-state index in [-0.39, 0.29) is 18.5 Å². The second-order valence-corrected chi connectivity index (χ2v) is 17.9. The molecule has 3 aliphatic rings. The molecule has 0 aromatic heterocycles. The maximum Gasteiger partial charge on any atom is 0.247 e. The first-order valence-corrected chi connectivity index (χ1v) is 22.4. The SMILES string of the molecule is CC(C)c1cc(C(C)C)c(B2c3cc(N4c5ccccc5Oc5ccccc54)ccc3N(c3ccccc3)c3ccc(N4c5ccccc5Oc5ccccc54)cc32)c(C(C)C)c1. The molecule has 8 aromatic rings. The first-order valence-electron chi connectivity index (χ1n) is 22.4. The molecule has 0 atom stereocenters. The normalized spacial score (nSPS) is 13.5. The van der Waals surface area contributed by atoms with Gasteiger partial charge in [0.1, 0.15) is 0 Å². The number of anilines is 9. The van der Waals surface area contributed by atoms with Crippen LogP contribution in [0.1, 0.15) is 76.0 Å². The summed E-state index contributed by atoms with van der Waals surface area (Å²) >= 11 is 0. The molecule has 3 aliphatic heterocycles. The third-order valence-electron chi connectivity index (χ3n) is 13.0. The van der Waals surface area contributed by atoms with Crippen LogP contribution < -0.4 is 40.6 Å². The van der Waals surface area contributed by atoms with Gasteiger partial charge in [0, 0.05) is 28.4 Å². The van der Waals surface area contributed by atoms with Crippen LogP contribution in [0, 0.1) is 0 Å². The van der Waals surface area contributed by atoms with Crippen LogP contribution in [-0.2, 0) is 0 Å². The second-order valence-electron chi connectivity index (χ2n) is 17.9. The Morgan fingerprint density at radius 2 is 0.714 bits per heavy atom. The van der Waals surface area contributed by atoms with Gasteiger partial charge in [0.25, 0.3) is 0 Å². The highest BCUT2D eigenvalue weighted by Crippen LogP contribution is 2.52. The van der Waals surface area contributed by atoms with Crippen LogP contribution in [0.4, 0.5) is 51.2 Å². The number of benzene rings is 8. The molecular weight excluding hydrogens is 769 g/mol. The van der Waals surface area contributed by atoms with E-state index in [2.05, 4.69) is 208 Å². The van der Waals surface area contributed by atoms with E-state index < -0.39 is 0 Å². The van der Waals surface area contributed by atoms with Gasteiger partial charge in [0.2, 0.25) is 6.71 Å². The molecule has 0 N–H and O–H groups in total. The molecule has 0 fully saturated rings. The van der Waals surface area contributed by atoms with E-state index in [0.717, 1.165) is 62.8 Å². The molecule has 0 amide bonds. The number of rotatable bonds is 7. The number of fused-ring (bicyclic) bond motifs is 6. The van der Waals surface area contributed by atoms with Gasteiger partial charge >= 0.3 is 0 Å². The molecule has 6 heteroatoms. The van der Waals surface area contributed by atoms with Crippen molar-refractivity contribution in [3.8, 4) is 23.0 Å². The first kappa shape index (κ1) is 38.7. The summed E-state index contributed by atoms with van der Waals surface area (Å²) in [5.41, 5.74) is 17.8. The molecular formula is C57H50BN3O2. The van der Waals surface area contributed by atoms with Gasteiger partial charge in [0.05, 0.1) is 22.7 Å². The summed E-state index contributed by atoms with van der Waals surface area (Å²) in [6, 6.07) is 63.6. The van der Waals surface area contributed by atoms with Gasteiger partial charge in [-0.2, -0.15) is 0 Å². The molecule has 63 heavy (non-hydrogen) atoms. The molecule has 5 nitrogen and oxygen atoms in total. The molecule has 8 aromatic carbocycles. The predicted molar refractivity (Wildman–Crippen MR) is 264 cm³/mol. The summed E-state index contributed by atoms with van der Waals surface area (Å²) in [6.07, 6.45) is 0. The zero-order valence-electron chi connectivity index (χ0n) is 36.7. The number of nitrogens with zero attached hydrogens (tertiary/aromatic N) is 3. The molecule has 0 unspecified atom stereocenters. The monoisotopic (exact) mass is 819 g/mol. The summed E-state index contributed by atoms with van der Waals surface area (Å²) in [5.74, 6) is 4.33. The van der Waals surface area contributed by atoms with E-state index in [9.17, 15) is 0 Å². The van der Waals surface area contributed by atoms with Crippen molar-refractivity contribution in [1.82, 2.24) is 0 Å². The Labute approximate surface area is 371 Å². The van der Waals surface area contributed by atoms with Gasteiger partial charge in [-0.3, -0.25) is 0 Å². The van der Waals surface area contributed by atoms with Crippen molar-refractivity contribution in [2.75, 3.05) is 14.7 Å². The maximum atomic E-state index is 6.53. The fourth-order valence-corrected chi connectivity index (χ4v) is 10.0. The lowest BCUT2D eigenvalue weighted by molar-refractivity contribution is 0.477. The van der Waals surface area contributed by atoms with Crippen LogP contribution in [-0.4, -0.2) is 6.71 Å². The third-order valence-corrected chi connectivity index (χ3v) is 13.0. The fraction of sp³-hybridized carbons (Fsp3) is 0.158. The van der Waals surface area contributed by atoms with E-state index >= 15 is 0 Å². The number of para-hydroxylation sites is 9. The van der Waals surface area contributed by atoms with Crippen molar-refractivity contribution in [3.05, 3.63) is 193 Å². The summed E-state index contributed by atoms with van der Waals surface area (Å²) < 4.78 is 13.1. The highest BCUT2D eigenvalue weighted by molar-refractivity contribution is 6.98. The zero-order chi connectivity index (χ0) is 42.9. The highest BCUT2D eigenvalue weighted by atomic mass is 16.5. The van der Waals surface area contributed by atoms with Crippen LogP contribution in [0.5, 0.6) is 23.0 Å². The lowest BCUT2D eigenvalue weighted by Gasteiger charge is -2.41. The second kappa shape index (κ2) is 15.3. The van der Waals surface area contributed by atoms with Gasteiger partial charge < -0.3 is 24.2 Å². The van der Waals surface area contributed by atoms with Gasteiger partial charge in [0.15, 0.2) is 23.0 Å². The molecule has 0 spiro atoms. The Morgan fingerprint density at radius 1 is 0.349 bits per heavy atom. The molecule has 11 rings (SSSR count). The molecule has 0 radical (unpaired) electrons. The Balaban J connectivity index is 1.23. The average molecular weight is 820 g/mol. The van der Waals surface area contributed by atoms with Crippen LogP contribution in [0.25, 0.3) is 0 Å². The Bertz CT molecular complexity index is 2780. The third kappa shape index (κ3) is 6.38. The molecule has 0 bridgehead atoms. The van der Waals surface area contributed by atoms with E-state index in [1.807, 2.05) is 24.3 Å². The number of hydrogen-bond acceptors (Lipinski definition) is 5. The maximum absolute atomic E-state index is 6.53. The Kier molecular flexibility index (Phi) is 9.42. The fourth-order valence-electron chi connectivity index (χ4n) is 10.0. The van der Waals surface area contributed by atoms with Crippen LogP contribution in [0.3, 0.4) is 0 Å². The topological polar surface area (TPSA) is 28.2 Å². The van der Waals surface area contributed by atoms with Crippen molar-refractivity contribution in [2.24, 2.45) is 0 Å². The number of hydrogen-bond donors (Lipinski definition) is 0. The first-order chi connectivity index (χ1) is 30.7. The minimum Gasteiger partial charge on any atom is -0.453 e. The standard InChI is InChI=1S/C57H50BN3O2/c1-36(2)39-32-43(37(3)4)57(44(33-39)38(5)6)58-45-34-41(60-49-20-10-14-24-53(49)62-54-25-15-11-21-50(54)60)28-30-47(45)59(40-18-8-7-9-19-40)48-31-29-42(35-46(48)58)61-51-22-12-16-26-55(51)63-56-27-17-13-23-52(56)61/h7-38H,1-6H3. The summed E-state index contributed by atoms with van der Waals surface area (Å²) in [7, 11) is 0. The zero-order valence-corrected chi connectivity index (χ0v) is 36.7.